The fourth-order valence-electron chi connectivity index (χ4n) is 3.50. The number of phenols is 1. The molecular formula is C24H16F4N4O5. The van der Waals surface area contributed by atoms with Crippen molar-refractivity contribution in [1.82, 2.24) is 0 Å². The minimum Gasteiger partial charge on any atom is -0.505 e. The van der Waals surface area contributed by atoms with Crippen LogP contribution in [0.4, 0.5) is 33.7 Å². The Morgan fingerprint density at radius 2 is 1.68 bits per heavy atom. The van der Waals surface area contributed by atoms with Crippen LogP contribution in [-0.4, -0.2) is 33.7 Å². The van der Waals surface area contributed by atoms with E-state index in [0.717, 1.165) is 6.92 Å². The van der Waals surface area contributed by atoms with Crippen molar-refractivity contribution in [2.45, 2.75) is 13.8 Å². The lowest BCUT2D eigenvalue weighted by Crippen LogP contribution is -2.30. The van der Waals surface area contributed by atoms with Gasteiger partial charge in [-0.05, 0) is 37.6 Å². The summed E-state index contributed by atoms with van der Waals surface area (Å²) in [5.74, 6) is -8.44. The minimum absolute atomic E-state index is 0.00149. The quantitative estimate of drug-likeness (QED) is 0.107. The predicted octanol–water partition coefficient (Wildman–Crippen LogP) is 5.17. The van der Waals surface area contributed by atoms with Crippen LogP contribution in [-0.2, 0) is 4.79 Å². The van der Waals surface area contributed by atoms with Gasteiger partial charge in [-0.1, -0.05) is 24.3 Å². The first-order chi connectivity index (χ1) is 17.5. The molecule has 0 saturated carbocycles. The largest absolute Gasteiger partial charge is 0.511 e. The first-order valence-electron chi connectivity index (χ1n) is 10.4. The number of ether oxygens (including phenoxy) is 1. The summed E-state index contributed by atoms with van der Waals surface area (Å²) in [5.41, 5.74) is 0.298. The van der Waals surface area contributed by atoms with Crippen LogP contribution in [0.3, 0.4) is 0 Å². The summed E-state index contributed by atoms with van der Waals surface area (Å²) >= 11 is 0. The summed E-state index contributed by atoms with van der Waals surface area (Å²) in [7, 11) is 0. The molecule has 0 radical (unpaired) electrons. The summed E-state index contributed by atoms with van der Waals surface area (Å²) < 4.78 is 61.5. The van der Waals surface area contributed by atoms with E-state index in [9.17, 15) is 32.3 Å². The number of para-hydroxylation sites is 1. The molecule has 9 nitrogen and oxygen atoms in total. The standard InChI is InChI=1S/C24H16F4N4O5/c1-10-16(25)18(27)21(19(28)17(10)26)32-23(34)20(11(2)31-32)30-29-15-8-4-7-14(22(15)33)12-5-3-6-13(9-12)37-24(35)36/h3-9,29,33H,1-2H3,(H,35,36). The van der Waals surface area contributed by atoms with Gasteiger partial charge >= 0.3 is 12.1 Å². The lowest BCUT2D eigenvalue weighted by atomic mass is 10.0. The Kier molecular flexibility index (Phi) is 6.53. The molecule has 1 amide bonds. The molecule has 13 heteroatoms. The summed E-state index contributed by atoms with van der Waals surface area (Å²) in [5, 5.41) is 27.2. The number of aromatic hydroxyl groups is 1. The van der Waals surface area contributed by atoms with Crippen molar-refractivity contribution in [3.05, 3.63) is 71.3 Å². The molecule has 1 heterocycles. The SMILES string of the molecule is CC1=NN(c2c(F)c(F)c(C)c(F)c2F)C(=O)C1=NNc1cccc(-c2cccc(OC(=O)O)c2)c1O. The third-order valence-electron chi connectivity index (χ3n) is 5.33. The molecule has 0 atom stereocenters. The van der Waals surface area contributed by atoms with Crippen LogP contribution in [0.15, 0.2) is 52.7 Å². The highest BCUT2D eigenvalue weighted by molar-refractivity contribution is 6.71. The van der Waals surface area contributed by atoms with E-state index in [4.69, 9.17) is 5.11 Å². The third kappa shape index (κ3) is 4.53. The van der Waals surface area contributed by atoms with E-state index in [0.29, 0.717) is 5.56 Å². The lowest BCUT2D eigenvalue weighted by molar-refractivity contribution is -0.112. The van der Waals surface area contributed by atoms with Crippen LogP contribution < -0.4 is 15.2 Å². The molecule has 1 aliphatic heterocycles. The smallest absolute Gasteiger partial charge is 0.505 e. The molecule has 0 spiro atoms. The van der Waals surface area contributed by atoms with Crippen LogP contribution in [0.2, 0.25) is 0 Å². The van der Waals surface area contributed by atoms with Gasteiger partial charge in [-0.25, -0.2) is 22.4 Å². The summed E-state index contributed by atoms with van der Waals surface area (Å²) in [4.78, 5) is 23.6. The zero-order valence-electron chi connectivity index (χ0n) is 19.0. The van der Waals surface area contributed by atoms with Crippen molar-refractivity contribution in [3.63, 3.8) is 0 Å². The number of carbonyl (C=O) groups is 2. The van der Waals surface area contributed by atoms with Gasteiger partial charge < -0.3 is 14.9 Å². The molecular weight excluding hydrogens is 500 g/mol. The van der Waals surface area contributed by atoms with E-state index >= 15 is 0 Å². The Hall–Kier alpha value is -4.94. The second-order valence-electron chi connectivity index (χ2n) is 7.70. The van der Waals surface area contributed by atoms with Gasteiger partial charge in [-0.3, -0.25) is 10.2 Å². The van der Waals surface area contributed by atoms with Crippen molar-refractivity contribution in [2.24, 2.45) is 10.2 Å². The number of amides is 1. The maximum atomic E-state index is 14.4. The van der Waals surface area contributed by atoms with Gasteiger partial charge in [0.05, 0.1) is 11.4 Å². The number of nitrogens with zero attached hydrogens (tertiary/aromatic N) is 3. The number of hydrogen-bond acceptors (Lipinski definition) is 7. The molecule has 0 aliphatic carbocycles. The zero-order valence-corrected chi connectivity index (χ0v) is 19.0. The molecule has 37 heavy (non-hydrogen) atoms. The topological polar surface area (TPSA) is 124 Å². The number of hydrogen-bond donors (Lipinski definition) is 3. The Bertz CT molecular complexity index is 1490. The predicted molar refractivity (Wildman–Crippen MR) is 125 cm³/mol. The number of anilines is 2. The highest BCUT2D eigenvalue weighted by Crippen LogP contribution is 2.37. The Morgan fingerprint density at radius 1 is 1.03 bits per heavy atom. The number of halogens is 4. The van der Waals surface area contributed by atoms with E-state index in [1.807, 2.05) is 0 Å². The summed E-state index contributed by atoms with van der Waals surface area (Å²) in [6, 6.07) is 10.3. The van der Waals surface area contributed by atoms with Gasteiger partial charge in [-0.15, -0.1) is 0 Å². The van der Waals surface area contributed by atoms with Gasteiger partial charge in [0.15, 0.2) is 29.0 Å². The maximum Gasteiger partial charge on any atom is 0.511 e. The van der Waals surface area contributed by atoms with Gasteiger partial charge in [0.25, 0.3) is 0 Å². The van der Waals surface area contributed by atoms with Gasteiger partial charge in [0.2, 0.25) is 0 Å². The molecule has 0 bridgehead atoms. The van der Waals surface area contributed by atoms with Crippen molar-refractivity contribution in [1.29, 1.82) is 0 Å². The fourth-order valence-corrected chi connectivity index (χ4v) is 3.50. The minimum atomic E-state index is -1.80. The molecule has 3 aromatic carbocycles. The molecule has 0 fully saturated rings. The number of hydrazone groups is 2. The number of nitrogens with one attached hydrogen (secondary N) is 1. The normalized spacial score (nSPS) is 14.2. The van der Waals surface area contributed by atoms with Crippen molar-refractivity contribution in [3.8, 4) is 22.6 Å². The Labute approximate surface area is 205 Å². The molecule has 3 N–H and O–H groups in total. The van der Waals surface area contributed by atoms with Gasteiger partial charge in [0.1, 0.15) is 17.2 Å². The monoisotopic (exact) mass is 516 g/mol. The van der Waals surface area contributed by atoms with Crippen LogP contribution in [0.25, 0.3) is 11.1 Å². The molecule has 190 valence electrons. The van der Waals surface area contributed by atoms with Gasteiger partial charge in [-0.2, -0.15) is 15.2 Å². The Balaban J connectivity index is 1.64. The van der Waals surface area contributed by atoms with Crippen LogP contribution >= 0.6 is 0 Å². The lowest BCUT2D eigenvalue weighted by Gasteiger charge is -2.15. The van der Waals surface area contributed by atoms with Crippen molar-refractivity contribution in [2.75, 3.05) is 10.4 Å². The number of phenolic OH excluding ortho intramolecular Hbond substituents is 1. The van der Waals surface area contributed by atoms with E-state index in [1.54, 1.807) is 6.07 Å². The molecule has 0 unspecified atom stereocenters. The fraction of sp³-hybridized carbons (Fsp3) is 0.0833. The highest BCUT2D eigenvalue weighted by Gasteiger charge is 2.37. The van der Waals surface area contributed by atoms with E-state index < -0.39 is 52.3 Å². The highest BCUT2D eigenvalue weighted by atomic mass is 19.2. The molecule has 4 rings (SSSR count). The van der Waals surface area contributed by atoms with E-state index in [1.165, 1.54) is 43.3 Å². The first kappa shape index (κ1) is 25.2. The second-order valence-corrected chi connectivity index (χ2v) is 7.70. The van der Waals surface area contributed by atoms with Crippen LogP contribution in [0.5, 0.6) is 11.5 Å². The van der Waals surface area contributed by atoms with Gasteiger partial charge in [0, 0.05) is 11.1 Å². The number of rotatable bonds is 5. The number of benzene rings is 3. The Morgan fingerprint density at radius 3 is 2.32 bits per heavy atom. The van der Waals surface area contributed by atoms with Crippen molar-refractivity contribution >= 4 is 34.9 Å². The van der Waals surface area contributed by atoms with E-state index in [-0.39, 0.29) is 33.5 Å². The molecule has 0 saturated heterocycles. The average molecular weight is 516 g/mol. The molecule has 0 aromatic heterocycles. The number of carbonyl (C=O) groups excluding carboxylic acids is 1. The number of carboxylic acid groups (broad SMARTS) is 1. The van der Waals surface area contributed by atoms with E-state index in [2.05, 4.69) is 20.4 Å². The maximum absolute atomic E-state index is 14.4. The molecule has 3 aromatic rings. The first-order valence-corrected chi connectivity index (χ1v) is 10.4. The molecule has 1 aliphatic rings. The van der Waals surface area contributed by atoms with Crippen molar-refractivity contribution < 1.29 is 42.1 Å². The average Bonchev–Trinajstić information content (AvgIpc) is 3.13. The third-order valence-corrected chi connectivity index (χ3v) is 5.33. The zero-order chi connectivity index (χ0) is 27.0. The summed E-state index contributed by atoms with van der Waals surface area (Å²) in [6.45, 7) is 2.12. The second kappa shape index (κ2) is 9.60. The summed E-state index contributed by atoms with van der Waals surface area (Å²) in [6.07, 6.45) is -1.52. The van der Waals surface area contributed by atoms with Crippen LogP contribution in [0.1, 0.15) is 12.5 Å². The van der Waals surface area contributed by atoms with Crippen LogP contribution in [0, 0.1) is 30.2 Å².